The van der Waals surface area contributed by atoms with Crippen molar-refractivity contribution in [1.29, 1.82) is 0 Å². The van der Waals surface area contributed by atoms with Gasteiger partial charge in [0.15, 0.2) is 5.96 Å². The second-order valence-corrected chi connectivity index (χ2v) is 5.98. The molecule has 136 valence electrons. The number of aromatic nitrogens is 2. The van der Waals surface area contributed by atoms with E-state index in [4.69, 9.17) is 5.73 Å². The van der Waals surface area contributed by atoms with Crippen LogP contribution >= 0.6 is 24.0 Å². The normalized spacial score (nSPS) is 11.1. The summed E-state index contributed by atoms with van der Waals surface area (Å²) in [4.78, 5) is 4.45. The van der Waals surface area contributed by atoms with Crippen LogP contribution in [0.3, 0.4) is 0 Å². The van der Waals surface area contributed by atoms with Gasteiger partial charge in [-0.25, -0.2) is 4.99 Å². The number of nitrogens with zero attached hydrogens (tertiary/aromatic N) is 3. The van der Waals surface area contributed by atoms with Gasteiger partial charge in [0.2, 0.25) is 0 Å². The number of nitrogens with two attached hydrogens (primary N) is 1. The average Bonchev–Trinajstić information content (AvgIpc) is 3.07. The molecule has 0 aliphatic heterocycles. The Morgan fingerprint density at radius 2 is 1.88 bits per heavy atom. The fourth-order valence-electron chi connectivity index (χ4n) is 2.65. The zero-order valence-electron chi connectivity index (χ0n) is 15.0. The average molecular weight is 461 g/mol. The van der Waals surface area contributed by atoms with E-state index in [1.807, 2.05) is 43.7 Å². The van der Waals surface area contributed by atoms with Crippen LogP contribution < -0.4 is 11.1 Å². The Bertz CT molecular complexity index is 885. The van der Waals surface area contributed by atoms with Crippen molar-refractivity contribution in [2.75, 3.05) is 5.32 Å². The highest BCUT2D eigenvalue weighted by molar-refractivity contribution is 14.0. The van der Waals surface area contributed by atoms with Crippen LogP contribution in [-0.4, -0.2) is 15.7 Å². The van der Waals surface area contributed by atoms with Gasteiger partial charge in [0.05, 0.1) is 12.7 Å². The zero-order chi connectivity index (χ0) is 17.6. The molecular formula is C20H24IN5. The van der Waals surface area contributed by atoms with E-state index in [0.717, 1.165) is 28.8 Å². The van der Waals surface area contributed by atoms with Gasteiger partial charge in [0.1, 0.15) is 0 Å². The summed E-state index contributed by atoms with van der Waals surface area (Å²) in [5, 5.41) is 7.37. The summed E-state index contributed by atoms with van der Waals surface area (Å²) in [6.45, 7) is 2.66. The van der Waals surface area contributed by atoms with Gasteiger partial charge in [-0.05, 0) is 41.3 Å². The predicted molar refractivity (Wildman–Crippen MR) is 119 cm³/mol. The lowest BCUT2D eigenvalue weighted by Gasteiger charge is -2.07. The first-order chi connectivity index (χ1) is 12.1. The second kappa shape index (κ2) is 9.38. The third-order valence-electron chi connectivity index (χ3n) is 4.00. The van der Waals surface area contributed by atoms with Crippen LogP contribution in [0.4, 0.5) is 5.69 Å². The SMILES string of the molecule is CCc1cccc(NC(N)=NCc2cccc(-c3cnn(C)c3)c2)c1.I. The Morgan fingerprint density at radius 1 is 1.12 bits per heavy atom. The summed E-state index contributed by atoms with van der Waals surface area (Å²) in [6.07, 6.45) is 4.85. The van der Waals surface area contributed by atoms with Crippen LogP contribution in [0.5, 0.6) is 0 Å². The van der Waals surface area contributed by atoms with Gasteiger partial charge >= 0.3 is 0 Å². The summed E-state index contributed by atoms with van der Waals surface area (Å²) in [6, 6.07) is 16.5. The molecule has 3 aromatic rings. The third-order valence-corrected chi connectivity index (χ3v) is 4.00. The molecule has 26 heavy (non-hydrogen) atoms. The Hall–Kier alpha value is -2.35. The first kappa shape index (κ1) is 20.0. The van der Waals surface area contributed by atoms with Gasteiger partial charge in [0.25, 0.3) is 0 Å². The second-order valence-electron chi connectivity index (χ2n) is 5.98. The van der Waals surface area contributed by atoms with Crippen molar-refractivity contribution < 1.29 is 0 Å². The number of aliphatic imine (C=N–C) groups is 1. The summed E-state index contributed by atoms with van der Waals surface area (Å²) < 4.78 is 1.80. The molecule has 3 rings (SSSR count). The monoisotopic (exact) mass is 461 g/mol. The van der Waals surface area contributed by atoms with E-state index in [1.54, 1.807) is 4.68 Å². The van der Waals surface area contributed by atoms with Gasteiger partial charge in [-0.1, -0.05) is 37.3 Å². The molecule has 1 aromatic heterocycles. The summed E-state index contributed by atoms with van der Waals surface area (Å²) in [7, 11) is 1.91. The zero-order valence-corrected chi connectivity index (χ0v) is 17.3. The van der Waals surface area contributed by atoms with Crippen LogP contribution in [0.2, 0.25) is 0 Å². The summed E-state index contributed by atoms with van der Waals surface area (Å²) in [5.41, 5.74) is 11.6. The minimum Gasteiger partial charge on any atom is -0.370 e. The minimum absolute atomic E-state index is 0. The van der Waals surface area contributed by atoms with Crippen LogP contribution in [-0.2, 0) is 20.0 Å². The van der Waals surface area contributed by atoms with Crippen molar-refractivity contribution in [3.05, 3.63) is 72.1 Å². The standard InChI is InChI=1S/C20H23N5.HI/c1-3-15-6-5-9-19(11-15)24-20(21)22-12-16-7-4-8-17(10-16)18-13-23-25(2)14-18;/h4-11,13-14H,3,12H2,1-2H3,(H3,21,22,24);1H. The molecule has 0 amide bonds. The van der Waals surface area contributed by atoms with Crippen LogP contribution in [0.1, 0.15) is 18.1 Å². The van der Waals surface area contributed by atoms with E-state index in [9.17, 15) is 0 Å². The van der Waals surface area contributed by atoms with Gasteiger partial charge in [0, 0.05) is 24.5 Å². The Morgan fingerprint density at radius 3 is 2.62 bits per heavy atom. The molecule has 0 aliphatic carbocycles. The van der Waals surface area contributed by atoms with Crippen LogP contribution in [0, 0.1) is 0 Å². The molecule has 0 saturated carbocycles. The van der Waals surface area contributed by atoms with Gasteiger partial charge < -0.3 is 11.1 Å². The molecule has 2 aromatic carbocycles. The number of aryl methyl sites for hydroxylation is 2. The summed E-state index contributed by atoms with van der Waals surface area (Å²) >= 11 is 0. The summed E-state index contributed by atoms with van der Waals surface area (Å²) in [5.74, 6) is 0.417. The lowest BCUT2D eigenvalue weighted by atomic mass is 10.1. The fourth-order valence-corrected chi connectivity index (χ4v) is 2.65. The first-order valence-electron chi connectivity index (χ1n) is 8.38. The molecule has 0 bridgehead atoms. The quantitative estimate of drug-likeness (QED) is 0.340. The lowest BCUT2D eigenvalue weighted by molar-refractivity contribution is 0.768. The molecule has 0 radical (unpaired) electrons. The maximum Gasteiger partial charge on any atom is 0.193 e. The molecule has 0 spiro atoms. The predicted octanol–water partition coefficient (Wildman–Crippen LogP) is 4.19. The first-order valence-corrected chi connectivity index (χ1v) is 8.38. The molecule has 0 saturated heterocycles. The lowest BCUT2D eigenvalue weighted by Crippen LogP contribution is -2.22. The van der Waals surface area contributed by atoms with Crippen molar-refractivity contribution in [1.82, 2.24) is 9.78 Å². The molecule has 1 heterocycles. The van der Waals surface area contributed by atoms with E-state index in [1.165, 1.54) is 5.56 Å². The Kier molecular flexibility index (Phi) is 7.20. The van der Waals surface area contributed by atoms with E-state index < -0.39 is 0 Å². The largest absolute Gasteiger partial charge is 0.370 e. The number of halogens is 1. The Labute approximate surface area is 171 Å². The minimum atomic E-state index is 0. The van der Waals surface area contributed by atoms with Crippen LogP contribution in [0.25, 0.3) is 11.1 Å². The van der Waals surface area contributed by atoms with E-state index in [0.29, 0.717) is 12.5 Å². The van der Waals surface area contributed by atoms with Crippen molar-refractivity contribution in [3.8, 4) is 11.1 Å². The Balaban J connectivity index is 0.00000243. The highest BCUT2D eigenvalue weighted by Crippen LogP contribution is 2.20. The maximum atomic E-state index is 6.02. The molecule has 5 nitrogen and oxygen atoms in total. The molecular weight excluding hydrogens is 437 g/mol. The smallest absolute Gasteiger partial charge is 0.193 e. The molecule has 3 N–H and O–H groups in total. The molecule has 0 fully saturated rings. The van der Waals surface area contributed by atoms with Crippen molar-refractivity contribution in [2.24, 2.45) is 17.8 Å². The van der Waals surface area contributed by atoms with Gasteiger partial charge in [-0.2, -0.15) is 5.10 Å². The van der Waals surface area contributed by atoms with Crippen molar-refractivity contribution in [2.45, 2.75) is 19.9 Å². The number of guanidine groups is 1. The van der Waals surface area contributed by atoms with E-state index >= 15 is 0 Å². The molecule has 0 aliphatic rings. The molecule has 0 atom stereocenters. The highest BCUT2D eigenvalue weighted by atomic mass is 127. The number of nitrogens with one attached hydrogen (secondary N) is 1. The van der Waals surface area contributed by atoms with E-state index in [2.05, 4.69) is 46.6 Å². The van der Waals surface area contributed by atoms with Crippen LogP contribution in [0.15, 0.2) is 65.9 Å². The fraction of sp³-hybridized carbons (Fsp3) is 0.200. The number of rotatable bonds is 5. The van der Waals surface area contributed by atoms with Crippen molar-refractivity contribution in [3.63, 3.8) is 0 Å². The van der Waals surface area contributed by atoms with Gasteiger partial charge in [-0.3, -0.25) is 4.68 Å². The van der Waals surface area contributed by atoms with E-state index in [-0.39, 0.29) is 24.0 Å². The number of hydrogen-bond acceptors (Lipinski definition) is 2. The van der Waals surface area contributed by atoms with Crippen molar-refractivity contribution >= 4 is 35.6 Å². The molecule has 0 unspecified atom stereocenters. The van der Waals surface area contributed by atoms with Gasteiger partial charge in [-0.15, -0.1) is 24.0 Å². The number of anilines is 1. The number of hydrogen-bond donors (Lipinski definition) is 2. The maximum absolute atomic E-state index is 6.02. The topological polar surface area (TPSA) is 68.2 Å². The highest BCUT2D eigenvalue weighted by Gasteiger charge is 2.02. The number of benzene rings is 2. The molecule has 6 heteroatoms. The third kappa shape index (κ3) is 5.32.